The molecule has 0 bridgehead atoms. The second kappa shape index (κ2) is 9.93. The lowest BCUT2D eigenvalue weighted by Crippen LogP contribution is -2.30. The van der Waals surface area contributed by atoms with E-state index in [2.05, 4.69) is 12.1 Å². The number of carbonyl (C=O) groups is 1. The van der Waals surface area contributed by atoms with E-state index in [1.54, 1.807) is 11.2 Å². The number of aromatic nitrogens is 1. The molecule has 5 aromatic rings. The van der Waals surface area contributed by atoms with Crippen molar-refractivity contribution in [2.75, 3.05) is 11.5 Å². The predicted molar refractivity (Wildman–Crippen MR) is 136 cm³/mol. The number of hydrogen-bond donors (Lipinski definition) is 0. The zero-order valence-electron chi connectivity index (χ0n) is 18.8. The molecule has 1 amide bonds. The Kier molecular flexibility index (Phi) is 6.40. The Bertz CT molecular complexity index is 1380. The van der Waals surface area contributed by atoms with Crippen molar-refractivity contribution in [3.8, 4) is 5.75 Å². The van der Waals surface area contributed by atoms with Crippen LogP contribution in [0.4, 0.5) is 5.13 Å². The summed E-state index contributed by atoms with van der Waals surface area (Å²) in [5.41, 5.74) is 3.84. The molecule has 5 nitrogen and oxygen atoms in total. The normalized spacial score (nSPS) is 11.0. The maximum absolute atomic E-state index is 13.6. The largest absolute Gasteiger partial charge is 0.494 e. The van der Waals surface area contributed by atoms with Crippen LogP contribution in [0, 0.1) is 0 Å². The summed E-state index contributed by atoms with van der Waals surface area (Å²) in [4.78, 5) is 20.0. The van der Waals surface area contributed by atoms with Crippen LogP contribution in [0.15, 0.2) is 95.6 Å². The van der Waals surface area contributed by atoms with Crippen LogP contribution in [0.2, 0.25) is 0 Å². The number of ether oxygens (including phenoxy) is 1. The molecule has 0 radical (unpaired) electrons. The van der Waals surface area contributed by atoms with Crippen LogP contribution in [0.3, 0.4) is 0 Å². The number of furan rings is 1. The van der Waals surface area contributed by atoms with Crippen LogP contribution in [0.25, 0.3) is 10.2 Å². The highest BCUT2D eigenvalue weighted by molar-refractivity contribution is 7.22. The molecule has 5 rings (SSSR count). The molecule has 6 heteroatoms. The summed E-state index contributed by atoms with van der Waals surface area (Å²) in [6.45, 7) is 2.85. The quantitative estimate of drug-likeness (QED) is 0.253. The standard InChI is InChI=1S/C28H24N2O3S/c1-2-32-23-14-15-25-26(18-23)34-28(29-25)30(19-24-9-6-16-33-24)27(31)22-12-10-21(11-13-22)17-20-7-4-3-5-8-20/h3-16,18H,2,17,19H2,1H3. The SMILES string of the molecule is CCOc1ccc2nc(N(Cc3ccco3)C(=O)c3ccc(Cc4ccccc4)cc3)sc2c1. The molecule has 0 spiro atoms. The van der Waals surface area contributed by atoms with E-state index in [0.717, 1.165) is 28.0 Å². The Labute approximate surface area is 202 Å². The average Bonchev–Trinajstić information content (AvgIpc) is 3.53. The molecule has 0 N–H and O–H groups in total. The van der Waals surface area contributed by atoms with E-state index in [4.69, 9.17) is 14.1 Å². The molecule has 0 aliphatic rings. The molecule has 2 aromatic heterocycles. The Morgan fingerprint density at radius 3 is 2.50 bits per heavy atom. The van der Waals surface area contributed by atoms with Crippen LogP contribution in [-0.4, -0.2) is 17.5 Å². The van der Waals surface area contributed by atoms with E-state index in [0.29, 0.717) is 29.6 Å². The van der Waals surface area contributed by atoms with Gasteiger partial charge in [0.1, 0.15) is 11.5 Å². The number of hydrogen-bond acceptors (Lipinski definition) is 5. The Balaban J connectivity index is 1.43. The third-order valence-corrected chi connectivity index (χ3v) is 6.52. The number of carbonyl (C=O) groups excluding carboxylic acids is 1. The number of amides is 1. The third-order valence-electron chi connectivity index (χ3n) is 5.48. The number of nitrogens with zero attached hydrogens (tertiary/aromatic N) is 2. The summed E-state index contributed by atoms with van der Waals surface area (Å²) in [6.07, 6.45) is 2.44. The molecule has 0 aliphatic carbocycles. The zero-order chi connectivity index (χ0) is 23.3. The van der Waals surface area contributed by atoms with Gasteiger partial charge in [-0.05, 0) is 66.9 Å². The maximum atomic E-state index is 13.6. The summed E-state index contributed by atoms with van der Waals surface area (Å²) in [5.74, 6) is 1.37. The fraction of sp³-hybridized carbons (Fsp3) is 0.143. The van der Waals surface area contributed by atoms with Gasteiger partial charge in [0.05, 0.1) is 29.6 Å². The highest BCUT2D eigenvalue weighted by Gasteiger charge is 2.23. The third kappa shape index (κ3) is 4.87. The molecule has 0 unspecified atom stereocenters. The van der Waals surface area contributed by atoms with Gasteiger partial charge in [-0.15, -0.1) is 0 Å². The van der Waals surface area contributed by atoms with Crippen LogP contribution in [-0.2, 0) is 13.0 Å². The van der Waals surface area contributed by atoms with Crippen molar-refractivity contribution in [3.05, 3.63) is 114 Å². The topological polar surface area (TPSA) is 55.6 Å². The van der Waals surface area contributed by atoms with Crippen molar-refractivity contribution in [2.24, 2.45) is 0 Å². The first-order valence-electron chi connectivity index (χ1n) is 11.2. The minimum atomic E-state index is -0.119. The van der Waals surface area contributed by atoms with E-state index in [1.807, 2.05) is 79.7 Å². The summed E-state index contributed by atoms with van der Waals surface area (Å²) < 4.78 is 12.1. The van der Waals surface area contributed by atoms with Crippen molar-refractivity contribution >= 4 is 32.6 Å². The minimum absolute atomic E-state index is 0.119. The fourth-order valence-electron chi connectivity index (χ4n) is 3.80. The number of fused-ring (bicyclic) bond motifs is 1. The summed E-state index contributed by atoms with van der Waals surface area (Å²) in [6, 6.07) is 27.6. The lowest BCUT2D eigenvalue weighted by Gasteiger charge is -2.19. The molecule has 3 aromatic carbocycles. The molecule has 0 aliphatic heterocycles. The van der Waals surface area contributed by atoms with Gasteiger partial charge in [-0.2, -0.15) is 0 Å². The molecule has 2 heterocycles. The van der Waals surface area contributed by atoms with Gasteiger partial charge in [-0.1, -0.05) is 53.8 Å². The highest BCUT2D eigenvalue weighted by atomic mass is 32.1. The van der Waals surface area contributed by atoms with Gasteiger partial charge in [0.2, 0.25) is 0 Å². The fourth-order valence-corrected chi connectivity index (χ4v) is 4.79. The van der Waals surface area contributed by atoms with E-state index in [1.165, 1.54) is 16.9 Å². The van der Waals surface area contributed by atoms with Gasteiger partial charge >= 0.3 is 0 Å². The van der Waals surface area contributed by atoms with Crippen molar-refractivity contribution in [1.82, 2.24) is 4.98 Å². The highest BCUT2D eigenvalue weighted by Crippen LogP contribution is 2.33. The lowest BCUT2D eigenvalue weighted by molar-refractivity contribution is 0.0983. The van der Waals surface area contributed by atoms with Gasteiger partial charge < -0.3 is 9.15 Å². The predicted octanol–water partition coefficient (Wildman–Crippen LogP) is 6.73. The Morgan fingerprint density at radius 2 is 1.76 bits per heavy atom. The van der Waals surface area contributed by atoms with Gasteiger partial charge in [0, 0.05) is 5.56 Å². The number of rotatable bonds is 8. The lowest BCUT2D eigenvalue weighted by atomic mass is 10.0. The minimum Gasteiger partial charge on any atom is -0.494 e. The van der Waals surface area contributed by atoms with Gasteiger partial charge in [-0.3, -0.25) is 9.69 Å². The molecule has 0 fully saturated rings. The van der Waals surface area contributed by atoms with Crippen molar-refractivity contribution in [1.29, 1.82) is 0 Å². The molecule has 170 valence electrons. The van der Waals surface area contributed by atoms with Crippen LogP contribution >= 0.6 is 11.3 Å². The summed E-state index contributed by atoms with van der Waals surface area (Å²) in [5, 5.41) is 0.624. The van der Waals surface area contributed by atoms with E-state index < -0.39 is 0 Å². The molecule has 0 saturated carbocycles. The first kappa shape index (κ1) is 21.9. The summed E-state index contributed by atoms with van der Waals surface area (Å²) in [7, 11) is 0. The van der Waals surface area contributed by atoms with Crippen molar-refractivity contribution < 1.29 is 13.9 Å². The zero-order valence-corrected chi connectivity index (χ0v) is 19.6. The summed E-state index contributed by atoms with van der Waals surface area (Å²) >= 11 is 1.47. The maximum Gasteiger partial charge on any atom is 0.260 e. The van der Waals surface area contributed by atoms with Crippen LogP contribution in [0.5, 0.6) is 5.75 Å². The van der Waals surface area contributed by atoms with Crippen molar-refractivity contribution in [3.63, 3.8) is 0 Å². The van der Waals surface area contributed by atoms with Crippen molar-refractivity contribution in [2.45, 2.75) is 19.9 Å². The van der Waals surface area contributed by atoms with E-state index >= 15 is 0 Å². The number of benzene rings is 3. The van der Waals surface area contributed by atoms with E-state index in [-0.39, 0.29) is 5.91 Å². The van der Waals surface area contributed by atoms with Crippen LogP contribution in [0.1, 0.15) is 34.2 Å². The molecule has 0 saturated heterocycles. The van der Waals surface area contributed by atoms with Gasteiger partial charge in [0.25, 0.3) is 5.91 Å². The monoisotopic (exact) mass is 468 g/mol. The second-order valence-electron chi connectivity index (χ2n) is 7.89. The van der Waals surface area contributed by atoms with E-state index in [9.17, 15) is 4.79 Å². The smallest absolute Gasteiger partial charge is 0.260 e. The number of anilines is 1. The first-order chi connectivity index (χ1) is 16.7. The molecule has 34 heavy (non-hydrogen) atoms. The number of thiazole rings is 1. The second-order valence-corrected chi connectivity index (χ2v) is 8.90. The van der Waals surface area contributed by atoms with Gasteiger partial charge in [-0.25, -0.2) is 4.98 Å². The Hall–Kier alpha value is -3.90. The molecular weight excluding hydrogens is 444 g/mol. The molecule has 0 atom stereocenters. The molecular formula is C28H24N2O3S. The van der Waals surface area contributed by atoms with Crippen LogP contribution < -0.4 is 9.64 Å². The Morgan fingerprint density at radius 1 is 0.971 bits per heavy atom. The average molecular weight is 469 g/mol. The first-order valence-corrected chi connectivity index (χ1v) is 12.0. The van der Waals surface area contributed by atoms with Gasteiger partial charge in [0.15, 0.2) is 5.13 Å².